The summed E-state index contributed by atoms with van der Waals surface area (Å²) >= 11 is 3.21. The standard InChI is InChI=1S/C12H13BrO3/c13-11-6-5-9(7-10(11)12(14)15)16-8-3-1-2-4-8/h5-8H,1-4H2,(H,14,15). The molecule has 0 saturated heterocycles. The molecule has 0 heterocycles. The second-order valence-electron chi connectivity index (χ2n) is 3.97. The summed E-state index contributed by atoms with van der Waals surface area (Å²) in [6.07, 6.45) is 4.79. The lowest BCUT2D eigenvalue weighted by Gasteiger charge is -2.13. The molecule has 1 saturated carbocycles. The third-order valence-electron chi connectivity index (χ3n) is 2.77. The lowest BCUT2D eigenvalue weighted by Crippen LogP contribution is -2.11. The van der Waals surface area contributed by atoms with E-state index in [-0.39, 0.29) is 11.7 Å². The Morgan fingerprint density at radius 3 is 2.69 bits per heavy atom. The highest BCUT2D eigenvalue weighted by Crippen LogP contribution is 2.27. The molecule has 1 aliphatic carbocycles. The van der Waals surface area contributed by atoms with Crippen LogP contribution in [0.25, 0.3) is 0 Å². The van der Waals surface area contributed by atoms with Crippen molar-refractivity contribution in [2.45, 2.75) is 31.8 Å². The van der Waals surface area contributed by atoms with E-state index in [4.69, 9.17) is 9.84 Å². The molecule has 0 spiro atoms. The van der Waals surface area contributed by atoms with Gasteiger partial charge in [0.05, 0.1) is 11.7 Å². The van der Waals surface area contributed by atoms with Gasteiger partial charge in [-0.1, -0.05) is 0 Å². The highest BCUT2D eigenvalue weighted by Gasteiger charge is 2.17. The predicted molar refractivity (Wildman–Crippen MR) is 64.0 cm³/mol. The van der Waals surface area contributed by atoms with Gasteiger partial charge >= 0.3 is 5.97 Å². The molecule has 2 rings (SSSR count). The molecule has 0 atom stereocenters. The third-order valence-corrected chi connectivity index (χ3v) is 3.46. The Kier molecular flexibility index (Phi) is 3.49. The fourth-order valence-corrected chi connectivity index (χ4v) is 2.36. The molecule has 0 aromatic heterocycles. The van der Waals surface area contributed by atoms with E-state index in [1.54, 1.807) is 18.2 Å². The first-order chi connectivity index (χ1) is 7.66. The van der Waals surface area contributed by atoms with Gasteiger partial charge in [-0.2, -0.15) is 0 Å². The number of carbonyl (C=O) groups is 1. The van der Waals surface area contributed by atoms with Crippen molar-refractivity contribution >= 4 is 21.9 Å². The van der Waals surface area contributed by atoms with Crippen molar-refractivity contribution in [3.63, 3.8) is 0 Å². The van der Waals surface area contributed by atoms with Crippen molar-refractivity contribution in [1.29, 1.82) is 0 Å². The molecule has 0 unspecified atom stereocenters. The number of hydrogen-bond acceptors (Lipinski definition) is 2. The molecule has 0 bridgehead atoms. The summed E-state index contributed by atoms with van der Waals surface area (Å²) in [7, 11) is 0. The van der Waals surface area contributed by atoms with E-state index >= 15 is 0 Å². The first kappa shape index (κ1) is 11.5. The van der Waals surface area contributed by atoms with Crippen LogP contribution in [0.5, 0.6) is 5.75 Å². The number of carboxylic acid groups (broad SMARTS) is 1. The summed E-state index contributed by atoms with van der Waals surface area (Å²) in [6.45, 7) is 0. The largest absolute Gasteiger partial charge is 0.490 e. The molecule has 16 heavy (non-hydrogen) atoms. The van der Waals surface area contributed by atoms with Crippen molar-refractivity contribution in [2.24, 2.45) is 0 Å². The first-order valence-corrected chi connectivity index (χ1v) is 6.15. The van der Waals surface area contributed by atoms with Gasteiger partial charge in [-0.05, 0) is 59.8 Å². The van der Waals surface area contributed by atoms with Gasteiger partial charge in [-0.3, -0.25) is 0 Å². The average Bonchev–Trinajstić information content (AvgIpc) is 2.73. The van der Waals surface area contributed by atoms with Crippen LogP contribution < -0.4 is 4.74 Å². The number of carboxylic acids is 1. The second kappa shape index (κ2) is 4.87. The highest BCUT2D eigenvalue weighted by atomic mass is 79.9. The summed E-state index contributed by atoms with van der Waals surface area (Å²) in [5.74, 6) is -0.295. The molecule has 4 heteroatoms. The molecule has 1 aromatic rings. The number of rotatable bonds is 3. The topological polar surface area (TPSA) is 46.5 Å². The molecule has 86 valence electrons. The maximum atomic E-state index is 10.9. The van der Waals surface area contributed by atoms with Crippen molar-refractivity contribution < 1.29 is 14.6 Å². The van der Waals surface area contributed by atoms with E-state index in [1.807, 2.05) is 0 Å². The quantitative estimate of drug-likeness (QED) is 0.925. The van der Waals surface area contributed by atoms with Crippen molar-refractivity contribution in [3.8, 4) is 5.75 Å². The Balaban J connectivity index is 2.15. The fourth-order valence-electron chi connectivity index (χ4n) is 1.94. The lowest BCUT2D eigenvalue weighted by atomic mass is 10.2. The average molecular weight is 285 g/mol. The molecule has 1 aromatic carbocycles. The van der Waals surface area contributed by atoms with Crippen molar-refractivity contribution in [2.75, 3.05) is 0 Å². The summed E-state index contributed by atoms with van der Waals surface area (Å²) in [5.41, 5.74) is 0.246. The Labute approximate surface area is 103 Å². The maximum Gasteiger partial charge on any atom is 0.336 e. The minimum absolute atomic E-state index is 0.246. The zero-order valence-corrected chi connectivity index (χ0v) is 10.4. The first-order valence-electron chi connectivity index (χ1n) is 5.36. The van der Waals surface area contributed by atoms with Crippen LogP contribution in [-0.2, 0) is 0 Å². The monoisotopic (exact) mass is 284 g/mol. The second-order valence-corrected chi connectivity index (χ2v) is 4.83. The van der Waals surface area contributed by atoms with Crippen LogP contribution in [0.1, 0.15) is 36.0 Å². The van der Waals surface area contributed by atoms with Crippen LogP contribution in [0.4, 0.5) is 0 Å². The smallest absolute Gasteiger partial charge is 0.336 e. The van der Waals surface area contributed by atoms with Gasteiger partial charge in [0, 0.05) is 4.47 Å². The third kappa shape index (κ3) is 2.55. The van der Waals surface area contributed by atoms with Crippen molar-refractivity contribution in [1.82, 2.24) is 0 Å². The molecule has 0 radical (unpaired) electrons. The van der Waals surface area contributed by atoms with Crippen LogP contribution in [0.2, 0.25) is 0 Å². The van der Waals surface area contributed by atoms with Crippen LogP contribution in [0.15, 0.2) is 22.7 Å². The highest BCUT2D eigenvalue weighted by molar-refractivity contribution is 9.10. The van der Waals surface area contributed by atoms with Gasteiger partial charge in [0.25, 0.3) is 0 Å². The summed E-state index contributed by atoms with van der Waals surface area (Å²) in [5, 5.41) is 8.97. The van der Waals surface area contributed by atoms with E-state index in [2.05, 4.69) is 15.9 Å². The number of ether oxygens (including phenoxy) is 1. The van der Waals surface area contributed by atoms with Crippen molar-refractivity contribution in [3.05, 3.63) is 28.2 Å². The molecule has 3 nitrogen and oxygen atoms in total. The maximum absolute atomic E-state index is 10.9. The van der Waals surface area contributed by atoms with Gasteiger partial charge in [-0.15, -0.1) is 0 Å². The van der Waals surface area contributed by atoms with E-state index in [1.165, 1.54) is 12.8 Å². The Bertz CT molecular complexity index is 397. The minimum atomic E-state index is -0.941. The van der Waals surface area contributed by atoms with Gasteiger partial charge in [0.15, 0.2) is 0 Å². The summed E-state index contributed by atoms with van der Waals surface area (Å²) < 4.78 is 6.32. The lowest BCUT2D eigenvalue weighted by molar-refractivity contribution is 0.0695. The van der Waals surface area contributed by atoms with Crippen LogP contribution in [-0.4, -0.2) is 17.2 Å². The van der Waals surface area contributed by atoms with Crippen LogP contribution in [0.3, 0.4) is 0 Å². The molecular formula is C12H13BrO3. The van der Waals surface area contributed by atoms with Crippen LogP contribution >= 0.6 is 15.9 Å². The number of hydrogen-bond donors (Lipinski definition) is 1. The van der Waals surface area contributed by atoms with E-state index < -0.39 is 5.97 Å². The molecule has 1 aliphatic rings. The van der Waals surface area contributed by atoms with Crippen LogP contribution in [0, 0.1) is 0 Å². The molecular weight excluding hydrogens is 272 g/mol. The van der Waals surface area contributed by atoms with E-state index in [0.717, 1.165) is 12.8 Å². The SMILES string of the molecule is O=C(O)c1cc(OC2CCCC2)ccc1Br. The Hall–Kier alpha value is -1.03. The van der Waals surface area contributed by atoms with Gasteiger partial charge in [0.1, 0.15) is 5.75 Å². The number of benzene rings is 1. The zero-order valence-electron chi connectivity index (χ0n) is 8.78. The molecule has 0 amide bonds. The zero-order chi connectivity index (χ0) is 11.5. The summed E-state index contributed by atoms with van der Waals surface area (Å²) in [4.78, 5) is 10.9. The van der Waals surface area contributed by atoms with E-state index in [9.17, 15) is 4.79 Å². The predicted octanol–water partition coefficient (Wildman–Crippen LogP) is 3.47. The van der Waals surface area contributed by atoms with Gasteiger partial charge in [-0.25, -0.2) is 4.79 Å². The van der Waals surface area contributed by atoms with Gasteiger partial charge in [0.2, 0.25) is 0 Å². The molecule has 0 aliphatic heterocycles. The number of halogens is 1. The summed E-state index contributed by atoms with van der Waals surface area (Å²) in [6, 6.07) is 5.09. The Morgan fingerprint density at radius 1 is 1.38 bits per heavy atom. The minimum Gasteiger partial charge on any atom is -0.490 e. The Morgan fingerprint density at radius 2 is 2.06 bits per heavy atom. The molecule has 1 fully saturated rings. The van der Waals surface area contributed by atoms with E-state index in [0.29, 0.717) is 10.2 Å². The normalized spacial score (nSPS) is 16.3. The fraction of sp³-hybridized carbons (Fsp3) is 0.417. The number of aromatic carboxylic acids is 1. The molecule has 1 N–H and O–H groups in total. The van der Waals surface area contributed by atoms with Gasteiger partial charge < -0.3 is 9.84 Å².